The number of aliphatic carboxylic acids is 1. The van der Waals surface area contributed by atoms with Gasteiger partial charge in [-0.25, -0.2) is 4.98 Å². The number of anilines is 1. The van der Waals surface area contributed by atoms with Crippen LogP contribution in [0, 0.1) is 5.92 Å². The predicted molar refractivity (Wildman–Crippen MR) is 59.4 cm³/mol. The summed E-state index contributed by atoms with van der Waals surface area (Å²) in [6, 6.07) is -0.0785. The largest absolute Gasteiger partial charge is 0.481 e. The molecule has 1 fully saturated rings. The van der Waals surface area contributed by atoms with Crippen molar-refractivity contribution in [2.24, 2.45) is 5.92 Å². The van der Waals surface area contributed by atoms with Gasteiger partial charge in [-0.05, 0) is 18.8 Å². The highest BCUT2D eigenvalue weighted by Gasteiger charge is 2.32. The smallest absolute Gasteiger partial charge is 0.305 e. The molecule has 1 saturated carbocycles. The van der Waals surface area contributed by atoms with E-state index in [1.54, 1.807) is 6.20 Å². The van der Waals surface area contributed by atoms with Crippen LogP contribution < -0.4 is 5.32 Å². The zero-order valence-corrected chi connectivity index (χ0v) is 9.31. The van der Waals surface area contributed by atoms with Crippen LogP contribution >= 0.6 is 11.6 Å². The molecule has 0 spiro atoms. The second-order valence-electron chi connectivity index (χ2n) is 3.91. The van der Waals surface area contributed by atoms with Gasteiger partial charge in [0.05, 0.1) is 18.8 Å². The number of hydrogen-bond donors (Lipinski definition) is 2. The van der Waals surface area contributed by atoms with Crippen LogP contribution in [-0.2, 0) is 4.79 Å². The zero-order valence-electron chi connectivity index (χ0n) is 8.56. The highest BCUT2D eigenvalue weighted by molar-refractivity contribution is 6.29. The molecule has 0 bridgehead atoms. The molecule has 0 radical (unpaired) electrons. The van der Waals surface area contributed by atoms with Crippen molar-refractivity contribution >= 4 is 23.4 Å². The van der Waals surface area contributed by atoms with Crippen molar-refractivity contribution in [3.63, 3.8) is 0 Å². The fourth-order valence-electron chi connectivity index (χ4n) is 1.62. The van der Waals surface area contributed by atoms with E-state index in [0.717, 1.165) is 12.8 Å². The number of halogens is 1. The Hall–Kier alpha value is -1.36. The van der Waals surface area contributed by atoms with Gasteiger partial charge in [0.25, 0.3) is 0 Å². The Labute approximate surface area is 97.9 Å². The molecule has 1 unspecified atom stereocenters. The number of aromatic nitrogens is 2. The normalized spacial score (nSPS) is 16.8. The Bertz CT molecular complexity index is 395. The molecule has 1 aromatic rings. The van der Waals surface area contributed by atoms with E-state index in [4.69, 9.17) is 16.7 Å². The average Bonchev–Trinajstić information content (AvgIpc) is 2.99. The van der Waals surface area contributed by atoms with Crippen LogP contribution in [0.15, 0.2) is 12.4 Å². The first kappa shape index (κ1) is 11.1. The summed E-state index contributed by atoms with van der Waals surface area (Å²) in [5.41, 5.74) is 0. The Morgan fingerprint density at radius 2 is 2.38 bits per heavy atom. The molecule has 1 atom stereocenters. The number of rotatable bonds is 5. The number of carboxylic acids is 1. The summed E-state index contributed by atoms with van der Waals surface area (Å²) in [7, 11) is 0. The number of nitrogens with one attached hydrogen (secondary N) is 1. The van der Waals surface area contributed by atoms with Crippen LogP contribution in [0.25, 0.3) is 0 Å². The number of carbonyl (C=O) groups is 1. The van der Waals surface area contributed by atoms with Crippen molar-refractivity contribution in [1.82, 2.24) is 9.97 Å². The van der Waals surface area contributed by atoms with Gasteiger partial charge in [-0.15, -0.1) is 0 Å². The van der Waals surface area contributed by atoms with Gasteiger partial charge < -0.3 is 10.4 Å². The van der Waals surface area contributed by atoms with Gasteiger partial charge in [0, 0.05) is 6.04 Å². The maximum atomic E-state index is 10.7. The summed E-state index contributed by atoms with van der Waals surface area (Å²) < 4.78 is 0. The monoisotopic (exact) mass is 241 g/mol. The minimum Gasteiger partial charge on any atom is -0.481 e. The van der Waals surface area contributed by atoms with E-state index < -0.39 is 5.97 Å². The Balaban J connectivity index is 2.02. The van der Waals surface area contributed by atoms with Crippen LogP contribution in [0.3, 0.4) is 0 Å². The van der Waals surface area contributed by atoms with Crippen LogP contribution in [0.2, 0.25) is 5.15 Å². The summed E-state index contributed by atoms with van der Waals surface area (Å²) in [6.07, 6.45) is 5.22. The second-order valence-corrected chi connectivity index (χ2v) is 4.30. The van der Waals surface area contributed by atoms with Crippen LogP contribution in [0.4, 0.5) is 5.82 Å². The lowest BCUT2D eigenvalue weighted by atomic mass is 10.1. The first-order chi connectivity index (χ1) is 7.65. The van der Waals surface area contributed by atoms with Gasteiger partial charge in [0.15, 0.2) is 0 Å². The van der Waals surface area contributed by atoms with E-state index in [2.05, 4.69) is 15.3 Å². The highest BCUT2D eigenvalue weighted by atomic mass is 35.5. The third-order valence-electron chi connectivity index (χ3n) is 2.52. The second kappa shape index (κ2) is 4.65. The fourth-order valence-corrected chi connectivity index (χ4v) is 1.77. The molecule has 1 aliphatic rings. The molecule has 1 heterocycles. The molecule has 0 saturated heterocycles. The van der Waals surface area contributed by atoms with E-state index >= 15 is 0 Å². The van der Waals surface area contributed by atoms with Crippen LogP contribution in [0.1, 0.15) is 19.3 Å². The quantitative estimate of drug-likeness (QED) is 0.822. The Morgan fingerprint density at radius 1 is 1.62 bits per heavy atom. The Morgan fingerprint density at radius 3 is 2.94 bits per heavy atom. The fraction of sp³-hybridized carbons (Fsp3) is 0.500. The molecule has 5 nitrogen and oxygen atoms in total. The van der Waals surface area contributed by atoms with E-state index in [-0.39, 0.29) is 12.5 Å². The van der Waals surface area contributed by atoms with Crippen molar-refractivity contribution < 1.29 is 9.90 Å². The maximum absolute atomic E-state index is 10.7. The summed E-state index contributed by atoms with van der Waals surface area (Å²) in [5.74, 6) is 0.155. The minimum absolute atomic E-state index is 0.0785. The van der Waals surface area contributed by atoms with Gasteiger partial charge in [-0.1, -0.05) is 11.6 Å². The average molecular weight is 242 g/mol. The van der Waals surface area contributed by atoms with E-state index in [1.165, 1.54) is 6.20 Å². The highest BCUT2D eigenvalue weighted by Crippen LogP contribution is 2.35. The number of nitrogens with zero attached hydrogens (tertiary/aromatic N) is 2. The van der Waals surface area contributed by atoms with Gasteiger partial charge in [-0.3, -0.25) is 9.78 Å². The molecule has 1 aromatic heterocycles. The molecule has 86 valence electrons. The molecule has 16 heavy (non-hydrogen) atoms. The lowest BCUT2D eigenvalue weighted by Gasteiger charge is -2.16. The third-order valence-corrected chi connectivity index (χ3v) is 2.71. The molecular formula is C10H12ClN3O2. The summed E-state index contributed by atoms with van der Waals surface area (Å²) >= 11 is 5.70. The molecule has 6 heteroatoms. The first-order valence-electron chi connectivity index (χ1n) is 5.11. The summed E-state index contributed by atoms with van der Waals surface area (Å²) in [4.78, 5) is 18.6. The van der Waals surface area contributed by atoms with E-state index in [1.807, 2.05) is 0 Å². The molecular weight excluding hydrogens is 230 g/mol. The molecule has 0 aromatic carbocycles. The molecule has 2 N–H and O–H groups in total. The topological polar surface area (TPSA) is 75.1 Å². The summed E-state index contributed by atoms with van der Waals surface area (Å²) in [6.45, 7) is 0. The van der Waals surface area contributed by atoms with Gasteiger partial charge in [0.1, 0.15) is 11.0 Å². The Kier molecular flexibility index (Phi) is 3.24. The SMILES string of the molecule is O=C(O)CC(Nc1cncc(Cl)n1)C1CC1. The maximum Gasteiger partial charge on any atom is 0.305 e. The van der Waals surface area contributed by atoms with Crippen molar-refractivity contribution in [3.8, 4) is 0 Å². The van der Waals surface area contributed by atoms with Gasteiger partial charge in [-0.2, -0.15) is 0 Å². The van der Waals surface area contributed by atoms with Crippen molar-refractivity contribution in [3.05, 3.63) is 17.5 Å². The molecule has 0 amide bonds. The molecule has 0 aliphatic heterocycles. The third kappa shape index (κ3) is 3.06. The van der Waals surface area contributed by atoms with Gasteiger partial charge in [0.2, 0.25) is 0 Å². The van der Waals surface area contributed by atoms with Crippen LogP contribution in [-0.4, -0.2) is 27.1 Å². The lowest BCUT2D eigenvalue weighted by Crippen LogP contribution is -2.25. The number of carboxylic acid groups (broad SMARTS) is 1. The summed E-state index contributed by atoms with van der Waals surface area (Å²) in [5, 5.41) is 12.2. The molecule has 1 aliphatic carbocycles. The number of hydrogen-bond acceptors (Lipinski definition) is 4. The van der Waals surface area contributed by atoms with E-state index in [9.17, 15) is 4.79 Å². The predicted octanol–water partition coefficient (Wildman–Crippen LogP) is 1.80. The standard InChI is InChI=1S/C10H12ClN3O2/c11-8-4-12-5-9(14-8)13-7(3-10(15)16)6-1-2-6/h4-7H,1-3H2,(H,13,14)(H,15,16). The van der Waals surface area contributed by atoms with Crippen molar-refractivity contribution in [1.29, 1.82) is 0 Å². The minimum atomic E-state index is -0.806. The first-order valence-corrected chi connectivity index (χ1v) is 5.49. The van der Waals surface area contributed by atoms with Crippen molar-refractivity contribution in [2.45, 2.75) is 25.3 Å². The lowest BCUT2D eigenvalue weighted by molar-refractivity contribution is -0.137. The molecule has 2 rings (SSSR count). The van der Waals surface area contributed by atoms with Gasteiger partial charge >= 0.3 is 5.97 Å². The van der Waals surface area contributed by atoms with Crippen LogP contribution in [0.5, 0.6) is 0 Å². The zero-order chi connectivity index (χ0) is 11.5. The van der Waals surface area contributed by atoms with E-state index in [0.29, 0.717) is 16.9 Å². The van der Waals surface area contributed by atoms with Crippen molar-refractivity contribution in [2.75, 3.05) is 5.32 Å².